The number of nitrogens with zero attached hydrogens (tertiary/aromatic N) is 1. The maximum Gasteiger partial charge on any atom is 0.305 e. The van der Waals surface area contributed by atoms with E-state index in [1.54, 1.807) is 11.0 Å². The van der Waals surface area contributed by atoms with Gasteiger partial charge in [0, 0.05) is 17.1 Å². The van der Waals surface area contributed by atoms with Crippen LogP contribution in [0.3, 0.4) is 0 Å². The van der Waals surface area contributed by atoms with Gasteiger partial charge in [-0.25, -0.2) is 0 Å². The minimum atomic E-state index is -0.853. The molecular weight excluding hydrogens is 386 g/mol. The first-order chi connectivity index (χ1) is 8.49. The van der Waals surface area contributed by atoms with Crippen molar-refractivity contribution in [2.75, 3.05) is 6.54 Å². The Morgan fingerprint density at radius 2 is 2.22 bits per heavy atom. The van der Waals surface area contributed by atoms with Crippen LogP contribution in [-0.2, 0) is 4.79 Å². The molecule has 1 unspecified atom stereocenters. The maximum absolute atomic E-state index is 12.3. The minimum absolute atomic E-state index is 0.0272. The predicted octanol–water partition coefficient (Wildman–Crippen LogP) is 3.35. The Bertz CT molecular complexity index is 469. The molecule has 1 aromatic heterocycles. The third-order valence-corrected chi connectivity index (χ3v) is 6.15. The van der Waals surface area contributed by atoms with Crippen LogP contribution < -0.4 is 0 Å². The zero-order valence-electron chi connectivity index (χ0n) is 9.36. The van der Waals surface area contributed by atoms with Crippen LogP contribution in [0.25, 0.3) is 0 Å². The van der Waals surface area contributed by atoms with Crippen molar-refractivity contribution in [3.8, 4) is 0 Å². The van der Waals surface area contributed by atoms with Gasteiger partial charge in [0.2, 0.25) is 0 Å². The molecule has 4 nitrogen and oxygen atoms in total. The molecule has 18 heavy (non-hydrogen) atoms. The van der Waals surface area contributed by atoms with Gasteiger partial charge in [-0.15, -0.1) is 11.3 Å². The number of hydrogen-bond donors (Lipinski definition) is 1. The minimum Gasteiger partial charge on any atom is -0.481 e. The molecule has 0 bridgehead atoms. The highest BCUT2D eigenvalue weighted by atomic mass is 79.9. The lowest BCUT2D eigenvalue weighted by Crippen LogP contribution is -2.36. The van der Waals surface area contributed by atoms with Gasteiger partial charge in [-0.05, 0) is 50.8 Å². The number of likely N-dealkylation sites (tertiary alicyclic amines) is 1. The van der Waals surface area contributed by atoms with Gasteiger partial charge in [0.15, 0.2) is 0 Å². The zero-order chi connectivity index (χ0) is 13.3. The van der Waals surface area contributed by atoms with Crippen molar-refractivity contribution in [3.05, 3.63) is 19.2 Å². The van der Waals surface area contributed by atoms with Crippen LogP contribution in [0.2, 0.25) is 0 Å². The molecule has 2 heterocycles. The highest BCUT2D eigenvalue weighted by Crippen LogP contribution is 2.34. The molecule has 7 heteroatoms. The summed E-state index contributed by atoms with van der Waals surface area (Å²) < 4.78 is 1.73. The van der Waals surface area contributed by atoms with Gasteiger partial charge >= 0.3 is 5.97 Å². The summed E-state index contributed by atoms with van der Waals surface area (Å²) >= 11 is 8.06. The Morgan fingerprint density at radius 3 is 2.78 bits per heavy atom. The van der Waals surface area contributed by atoms with Crippen molar-refractivity contribution >= 4 is 55.1 Å². The highest BCUT2D eigenvalue weighted by molar-refractivity contribution is 9.13. The fraction of sp³-hybridized carbons (Fsp3) is 0.455. The Hall–Kier alpha value is -0.400. The van der Waals surface area contributed by atoms with Crippen LogP contribution in [0, 0.1) is 0 Å². The maximum atomic E-state index is 12.3. The van der Waals surface area contributed by atoms with E-state index < -0.39 is 5.97 Å². The lowest BCUT2D eigenvalue weighted by Gasteiger charge is -2.22. The molecular formula is C11H11Br2NO3S. The summed E-state index contributed by atoms with van der Waals surface area (Å²) in [5.74, 6) is -0.927. The second kappa shape index (κ2) is 5.71. The highest BCUT2D eigenvalue weighted by Gasteiger charge is 2.31. The molecule has 1 N–H and O–H groups in total. The summed E-state index contributed by atoms with van der Waals surface area (Å²) in [4.78, 5) is 25.4. The van der Waals surface area contributed by atoms with Gasteiger partial charge in [0.1, 0.15) is 0 Å². The summed E-state index contributed by atoms with van der Waals surface area (Å²) in [6, 6.07) is 1.60. The van der Waals surface area contributed by atoms with E-state index in [1.165, 1.54) is 11.3 Å². The number of halogens is 2. The number of amides is 1. The van der Waals surface area contributed by atoms with E-state index in [2.05, 4.69) is 31.9 Å². The van der Waals surface area contributed by atoms with E-state index >= 15 is 0 Å². The number of carboxylic acids is 1. The van der Waals surface area contributed by atoms with Crippen LogP contribution in [-0.4, -0.2) is 34.5 Å². The summed E-state index contributed by atoms with van der Waals surface area (Å²) in [5, 5.41) is 8.84. The number of carbonyl (C=O) groups excluding carboxylic acids is 1. The molecule has 0 spiro atoms. The fourth-order valence-corrected chi connectivity index (χ4v) is 4.10. The number of hydrogen-bond acceptors (Lipinski definition) is 3. The third kappa shape index (κ3) is 2.95. The van der Waals surface area contributed by atoms with Gasteiger partial charge in [-0.1, -0.05) is 0 Å². The fourth-order valence-electron chi connectivity index (χ4n) is 2.11. The zero-order valence-corrected chi connectivity index (χ0v) is 13.3. The Morgan fingerprint density at radius 1 is 1.50 bits per heavy atom. The average molecular weight is 397 g/mol. The summed E-state index contributed by atoms with van der Waals surface area (Å²) in [7, 11) is 0. The van der Waals surface area contributed by atoms with Gasteiger partial charge in [-0.2, -0.15) is 0 Å². The molecule has 98 valence electrons. The molecule has 2 rings (SSSR count). The Kier molecular flexibility index (Phi) is 4.45. The normalized spacial score (nSPS) is 19.2. The van der Waals surface area contributed by atoms with Crippen LogP contribution in [0.5, 0.6) is 0 Å². The molecule has 1 aromatic rings. The summed E-state index contributed by atoms with van der Waals surface area (Å²) in [6.45, 7) is 0.643. The molecule has 0 aliphatic carbocycles. The van der Waals surface area contributed by atoms with Crippen molar-refractivity contribution in [2.24, 2.45) is 0 Å². The molecule has 0 radical (unpaired) electrons. The van der Waals surface area contributed by atoms with Crippen LogP contribution in [0.4, 0.5) is 0 Å². The number of carboxylic acid groups (broad SMARTS) is 1. The first kappa shape index (κ1) is 14.0. The SMILES string of the molecule is O=C(O)CC1CCCN1C(=O)c1cc(Br)c(Br)s1. The van der Waals surface area contributed by atoms with Crippen molar-refractivity contribution in [2.45, 2.75) is 25.3 Å². The largest absolute Gasteiger partial charge is 0.481 e. The van der Waals surface area contributed by atoms with Crippen LogP contribution >= 0.6 is 43.2 Å². The first-order valence-corrected chi connectivity index (χ1v) is 7.87. The molecule has 0 aromatic carbocycles. The van der Waals surface area contributed by atoms with E-state index in [-0.39, 0.29) is 18.4 Å². The van der Waals surface area contributed by atoms with E-state index in [9.17, 15) is 9.59 Å². The molecule has 1 fully saturated rings. The average Bonchev–Trinajstić information content (AvgIpc) is 2.85. The van der Waals surface area contributed by atoms with Crippen LogP contribution in [0.1, 0.15) is 28.9 Å². The molecule has 1 amide bonds. The van der Waals surface area contributed by atoms with Gasteiger partial charge < -0.3 is 10.0 Å². The van der Waals surface area contributed by atoms with E-state index in [1.807, 2.05) is 0 Å². The van der Waals surface area contributed by atoms with E-state index in [0.29, 0.717) is 11.4 Å². The smallest absolute Gasteiger partial charge is 0.305 e. The predicted molar refractivity (Wildman–Crippen MR) is 76.0 cm³/mol. The summed E-state index contributed by atoms with van der Waals surface area (Å²) in [6.07, 6.45) is 1.67. The van der Waals surface area contributed by atoms with Crippen molar-refractivity contribution in [3.63, 3.8) is 0 Å². The number of thiophene rings is 1. The first-order valence-electron chi connectivity index (χ1n) is 5.46. The topological polar surface area (TPSA) is 57.6 Å². The Balaban J connectivity index is 2.15. The number of aliphatic carboxylic acids is 1. The van der Waals surface area contributed by atoms with Gasteiger partial charge in [0.25, 0.3) is 5.91 Å². The molecule has 1 saturated heterocycles. The second-order valence-corrected chi connectivity index (χ2v) is 7.35. The lowest BCUT2D eigenvalue weighted by molar-refractivity contribution is -0.137. The lowest BCUT2D eigenvalue weighted by atomic mass is 10.1. The van der Waals surface area contributed by atoms with Gasteiger partial charge in [0.05, 0.1) is 15.1 Å². The van der Waals surface area contributed by atoms with Crippen molar-refractivity contribution < 1.29 is 14.7 Å². The van der Waals surface area contributed by atoms with E-state index in [4.69, 9.17) is 5.11 Å². The molecule has 0 saturated carbocycles. The van der Waals surface area contributed by atoms with Crippen LogP contribution in [0.15, 0.2) is 14.3 Å². The monoisotopic (exact) mass is 395 g/mol. The molecule has 1 aliphatic heterocycles. The molecule has 1 aliphatic rings. The standard InChI is InChI=1S/C11H11Br2NO3S/c12-7-5-8(18-10(7)13)11(17)14-3-1-2-6(14)4-9(15)16/h5-6H,1-4H2,(H,15,16). The quantitative estimate of drug-likeness (QED) is 0.852. The Labute approximate surface area is 125 Å². The van der Waals surface area contributed by atoms with Gasteiger partial charge in [-0.3, -0.25) is 9.59 Å². The van der Waals surface area contributed by atoms with Crippen molar-refractivity contribution in [1.82, 2.24) is 4.90 Å². The van der Waals surface area contributed by atoms with Crippen molar-refractivity contribution in [1.29, 1.82) is 0 Å². The molecule has 1 atom stereocenters. The summed E-state index contributed by atoms with van der Waals surface area (Å²) in [5.41, 5.74) is 0. The number of rotatable bonds is 3. The number of carbonyl (C=O) groups is 2. The third-order valence-electron chi connectivity index (χ3n) is 2.90. The van der Waals surface area contributed by atoms with E-state index in [0.717, 1.165) is 21.1 Å². The second-order valence-electron chi connectivity index (χ2n) is 4.12.